The molecule has 0 saturated heterocycles. The van der Waals surface area contributed by atoms with Gasteiger partial charge in [0.05, 0.1) is 22.9 Å². The highest BCUT2D eigenvalue weighted by Gasteiger charge is 2.14. The van der Waals surface area contributed by atoms with Gasteiger partial charge in [0.15, 0.2) is 5.82 Å². The Kier molecular flexibility index (Phi) is 3.12. The summed E-state index contributed by atoms with van der Waals surface area (Å²) >= 11 is 0. The third-order valence-electron chi connectivity index (χ3n) is 3.20. The fourth-order valence-corrected chi connectivity index (χ4v) is 2.35. The fourth-order valence-electron chi connectivity index (χ4n) is 2.35. The van der Waals surface area contributed by atoms with Crippen LogP contribution in [0.1, 0.15) is 26.5 Å². The summed E-state index contributed by atoms with van der Waals surface area (Å²) in [5.41, 5.74) is 9.57. The summed E-state index contributed by atoms with van der Waals surface area (Å²) in [7, 11) is 0. The molecule has 0 aliphatic rings. The molecule has 0 amide bonds. The predicted octanol–water partition coefficient (Wildman–Crippen LogP) is 2.99. The molecule has 3 aromatic rings. The van der Waals surface area contributed by atoms with E-state index in [2.05, 4.69) is 30.7 Å². The van der Waals surface area contributed by atoms with Gasteiger partial charge in [-0.1, -0.05) is 20.8 Å². The molecule has 0 atom stereocenters. The zero-order valence-electron chi connectivity index (χ0n) is 12.5. The van der Waals surface area contributed by atoms with Gasteiger partial charge < -0.3 is 5.73 Å². The van der Waals surface area contributed by atoms with E-state index in [0.717, 1.165) is 29.0 Å². The van der Waals surface area contributed by atoms with Gasteiger partial charge >= 0.3 is 0 Å². The van der Waals surface area contributed by atoms with Crippen molar-refractivity contribution >= 4 is 16.7 Å². The van der Waals surface area contributed by atoms with Gasteiger partial charge in [0.2, 0.25) is 0 Å². The number of aromatic nitrogens is 4. The van der Waals surface area contributed by atoms with Gasteiger partial charge in [0.25, 0.3) is 0 Å². The molecule has 0 unspecified atom stereocenters. The number of hydrogen-bond donors (Lipinski definition) is 1. The van der Waals surface area contributed by atoms with E-state index < -0.39 is 0 Å². The number of rotatable bonds is 2. The minimum absolute atomic E-state index is 0.175. The first kappa shape index (κ1) is 13.5. The molecule has 2 aromatic heterocycles. The van der Waals surface area contributed by atoms with Crippen LogP contribution in [0.25, 0.3) is 16.9 Å². The smallest absolute Gasteiger partial charge is 0.157 e. The zero-order valence-corrected chi connectivity index (χ0v) is 12.5. The van der Waals surface area contributed by atoms with Crippen LogP contribution in [0.4, 0.5) is 5.69 Å². The van der Waals surface area contributed by atoms with Gasteiger partial charge in [-0.3, -0.25) is 9.55 Å². The van der Waals surface area contributed by atoms with E-state index in [1.54, 1.807) is 12.5 Å². The molecule has 5 nitrogen and oxygen atoms in total. The Bertz CT molecular complexity index is 783. The highest BCUT2D eigenvalue weighted by atomic mass is 15.1. The van der Waals surface area contributed by atoms with Crippen molar-refractivity contribution in [1.29, 1.82) is 0 Å². The first-order valence-corrected chi connectivity index (χ1v) is 6.96. The number of hydrogen-bond acceptors (Lipinski definition) is 4. The van der Waals surface area contributed by atoms with Crippen LogP contribution in [-0.4, -0.2) is 19.5 Å². The van der Waals surface area contributed by atoms with Crippen LogP contribution in [0.2, 0.25) is 0 Å². The van der Waals surface area contributed by atoms with E-state index in [4.69, 9.17) is 10.7 Å². The summed E-state index contributed by atoms with van der Waals surface area (Å²) in [6, 6.07) is 5.66. The van der Waals surface area contributed by atoms with E-state index in [9.17, 15) is 0 Å². The Morgan fingerprint density at radius 2 is 2.00 bits per heavy atom. The summed E-state index contributed by atoms with van der Waals surface area (Å²) in [6.45, 7) is 6.57. The minimum Gasteiger partial charge on any atom is -0.399 e. The Labute approximate surface area is 123 Å². The van der Waals surface area contributed by atoms with Crippen molar-refractivity contribution in [2.75, 3.05) is 5.73 Å². The highest BCUT2D eigenvalue weighted by molar-refractivity contribution is 5.80. The number of nitrogens with zero attached hydrogens (tertiary/aromatic N) is 4. The second-order valence-corrected chi connectivity index (χ2v) is 6.47. The summed E-state index contributed by atoms with van der Waals surface area (Å²) in [5, 5.41) is 0. The number of benzene rings is 1. The van der Waals surface area contributed by atoms with Gasteiger partial charge in [-0.05, 0) is 30.0 Å². The molecule has 0 aliphatic carbocycles. The van der Waals surface area contributed by atoms with Crippen LogP contribution in [-0.2, 0) is 6.42 Å². The normalized spacial score (nSPS) is 12.0. The lowest BCUT2D eigenvalue weighted by atomic mass is 9.91. The molecule has 0 aliphatic heterocycles. The van der Waals surface area contributed by atoms with Crippen LogP contribution in [0.3, 0.4) is 0 Å². The van der Waals surface area contributed by atoms with E-state index in [-0.39, 0.29) is 5.41 Å². The molecule has 0 bridgehead atoms. The Balaban J connectivity index is 2.06. The fraction of sp³-hybridized carbons (Fsp3) is 0.312. The van der Waals surface area contributed by atoms with E-state index in [0.29, 0.717) is 5.69 Å². The van der Waals surface area contributed by atoms with Crippen LogP contribution < -0.4 is 5.73 Å². The van der Waals surface area contributed by atoms with Crippen molar-refractivity contribution in [3.63, 3.8) is 0 Å². The van der Waals surface area contributed by atoms with Crippen LogP contribution in [0, 0.1) is 5.41 Å². The average Bonchev–Trinajstić information content (AvgIpc) is 2.80. The molecule has 0 radical (unpaired) electrons. The molecular formula is C16H19N5. The van der Waals surface area contributed by atoms with Crippen LogP contribution in [0.15, 0.2) is 36.9 Å². The Morgan fingerprint density at radius 1 is 1.19 bits per heavy atom. The van der Waals surface area contributed by atoms with Gasteiger partial charge in [0, 0.05) is 11.9 Å². The van der Waals surface area contributed by atoms with Crippen molar-refractivity contribution in [3.05, 3.63) is 42.6 Å². The zero-order chi connectivity index (χ0) is 15.0. The lowest BCUT2D eigenvalue weighted by Crippen LogP contribution is -2.12. The van der Waals surface area contributed by atoms with Crippen LogP contribution in [0.5, 0.6) is 0 Å². The highest BCUT2D eigenvalue weighted by Crippen LogP contribution is 2.22. The lowest BCUT2D eigenvalue weighted by molar-refractivity contribution is 0.405. The maximum absolute atomic E-state index is 5.87. The van der Waals surface area contributed by atoms with E-state index in [1.165, 1.54) is 0 Å². The third-order valence-corrected chi connectivity index (χ3v) is 3.20. The molecule has 1 aromatic carbocycles. The summed E-state index contributed by atoms with van der Waals surface area (Å²) < 4.78 is 1.92. The van der Waals surface area contributed by atoms with Crippen molar-refractivity contribution in [2.45, 2.75) is 27.2 Å². The van der Waals surface area contributed by atoms with Crippen molar-refractivity contribution in [3.8, 4) is 5.82 Å². The molecule has 0 fully saturated rings. The first-order chi connectivity index (χ1) is 9.92. The molecule has 5 heteroatoms. The second kappa shape index (κ2) is 4.84. The van der Waals surface area contributed by atoms with Gasteiger partial charge in [-0.15, -0.1) is 0 Å². The number of fused-ring (bicyclic) bond motifs is 1. The third kappa shape index (κ3) is 2.86. The summed E-state index contributed by atoms with van der Waals surface area (Å²) in [4.78, 5) is 13.4. The predicted molar refractivity (Wildman–Crippen MR) is 84.2 cm³/mol. The van der Waals surface area contributed by atoms with Crippen molar-refractivity contribution in [2.24, 2.45) is 5.41 Å². The molecule has 0 saturated carbocycles. The number of imidazole rings is 1. The van der Waals surface area contributed by atoms with E-state index in [1.807, 2.05) is 29.0 Å². The molecule has 2 N–H and O–H groups in total. The molecule has 0 spiro atoms. The average molecular weight is 281 g/mol. The summed E-state index contributed by atoms with van der Waals surface area (Å²) in [6.07, 6.45) is 6.20. The second-order valence-electron chi connectivity index (χ2n) is 6.47. The number of nitrogen functional groups attached to an aromatic ring is 1. The molecule has 3 rings (SSSR count). The van der Waals surface area contributed by atoms with Gasteiger partial charge in [-0.25, -0.2) is 9.97 Å². The Morgan fingerprint density at radius 3 is 2.76 bits per heavy atom. The summed E-state index contributed by atoms with van der Waals surface area (Å²) in [5.74, 6) is 0.768. The largest absolute Gasteiger partial charge is 0.399 e. The number of nitrogens with two attached hydrogens (primary N) is 1. The molecule has 2 heterocycles. The maximum Gasteiger partial charge on any atom is 0.157 e. The topological polar surface area (TPSA) is 69.6 Å². The quantitative estimate of drug-likeness (QED) is 0.733. The van der Waals surface area contributed by atoms with Crippen LogP contribution >= 0.6 is 0 Å². The SMILES string of the molecule is CC(C)(C)Cc1cncc(-n2cnc3ccc(N)cc32)n1. The number of anilines is 1. The molecule has 108 valence electrons. The monoisotopic (exact) mass is 281 g/mol. The Hall–Kier alpha value is -2.43. The van der Waals surface area contributed by atoms with Gasteiger partial charge in [0.1, 0.15) is 6.33 Å². The minimum atomic E-state index is 0.175. The standard InChI is InChI=1S/C16H19N5/c1-16(2,3)7-12-8-18-9-15(20-12)21-10-19-13-5-4-11(17)6-14(13)21/h4-6,8-10H,7,17H2,1-3H3. The van der Waals surface area contributed by atoms with Crippen molar-refractivity contribution < 1.29 is 0 Å². The molecule has 21 heavy (non-hydrogen) atoms. The van der Waals surface area contributed by atoms with Crippen molar-refractivity contribution in [1.82, 2.24) is 19.5 Å². The molecular weight excluding hydrogens is 262 g/mol. The first-order valence-electron chi connectivity index (χ1n) is 6.96. The van der Waals surface area contributed by atoms with E-state index >= 15 is 0 Å². The lowest BCUT2D eigenvalue weighted by Gasteiger charge is -2.17. The maximum atomic E-state index is 5.87. The van der Waals surface area contributed by atoms with Gasteiger partial charge in [-0.2, -0.15) is 0 Å².